The number of hydrogen-bond acceptors (Lipinski definition) is 3. The molecular formula is C13H18Cl2N2O2. The molecule has 4 nitrogen and oxygen atoms in total. The van der Waals surface area contributed by atoms with E-state index in [0.717, 1.165) is 12.8 Å². The summed E-state index contributed by atoms with van der Waals surface area (Å²) in [7, 11) is 0. The quantitative estimate of drug-likeness (QED) is 0.707. The van der Waals surface area contributed by atoms with E-state index in [1.165, 1.54) is 12.1 Å². The van der Waals surface area contributed by atoms with E-state index < -0.39 is 6.04 Å². The number of phenolic OH excluding ortho intramolecular Hbond substituents is 1. The predicted octanol–water partition coefficient (Wildman–Crippen LogP) is 3.01. The fraction of sp³-hybridized carbons (Fsp3) is 0.462. The van der Waals surface area contributed by atoms with Gasteiger partial charge in [-0.3, -0.25) is 4.79 Å². The lowest BCUT2D eigenvalue weighted by atomic mass is 10.0. The molecule has 4 N–H and O–H groups in total. The van der Waals surface area contributed by atoms with Gasteiger partial charge in [0.25, 0.3) is 0 Å². The van der Waals surface area contributed by atoms with E-state index in [9.17, 15) is 9.90 Å². The maximum atomic E-state index is 11.6. The van der Waals surface area contributed by atoms with Gasteiger partial charge in [-0.1, -0.05) is 36.5 Å². The van der Waals surface area contributed by atoms with Crippen LogP contribution in [-0.2, 0) is 4.79 Å². The molecule has 1 unspecified atom stereocenters. The van der Waals surface area contributed by atoms with Gasteiger partial charge in [-0.25, -0.2) is 0 Å². The van der Waals surface area contributed by atoms with E-state index in [2.05, 4.69) is 12.2 Å². The Morgan fingerprint density at radius 3 is 2.53 bits per heavy atom. The van der Waals surface area contributed by atoms with E-state index in [0.29, 0.717) is 12.1 Å². The summed E-state index contributed by atoms with van der Waals surface area (Å²) in [6, 6.07) is 2.54. The van der Waals surface area contributed by atoms with Gasteiger partial charge in [0.1, 0.15) is 0 Å². The Morgan fingerprint density at radius 1 is 1.42 bits per heavy atom. The average molecular weight is 305 g/mol. The molecule has 1 amide bonds. The number of aromatic hydroxyl groups is 1. The molecule has 0 saturated heterocycles. The topological polar surface area (TPSA) is 75.4 Å². The number of unbranched alkanes of at least 4 members (excludes halogenated alkanes) is 1. The van der Waals surface area contributed by atoms with Gasteiger partial charge in [-0.2, -0.15) is 0 Å². The molecule has 1 rings (SSSR count). The van der Waals surface area contributed by atoms with Crippen LogP contribution in [0.25, 0.3) is 0 Å². The smallest absolute Gasteiger partial charge is 0.221 e. The lowest BCUT2D eigenvalue weighted by Gasteiger charge is -2.13. The second-order valence-corrected chi connectivity index (χ2v) is 5.16. The van der Waals surface area contributed by atoms with Gasteiger partial charge >= 0.3 is 0 Å². The van der Waals surface area contributed by atoms with E-state index >= 15 is 0 Å². The zero-order valence-corrected chi connectivity index (χ0v) is 12.3. The minimum atomic E-state index is -0.503. The minimum Gasteiger partial charge on any atom is -0.505 e. The van der Waals surface area contributed by atoms with Crippen LogP contribution < -0.4 is 11.1 Å². The standard InChI is InChI=1S/C13H18Cl2N2O2/c1-2-3-4-17-12(18)7-11(16)8-5-9(14)13(19)10(15)6-8/h5-6,11,19H,2-4,7,16H2,1H3,(H,17,18). The molecule has 0 spiro atoms. The zero-order chi connectivity index (χ0) is 14.4. The molecule has 19 heavy (non-hydrogen) atoms. The maximum Gasteiger partial charge on any atom is 0.221 e. The Hall–Kier alpha value is -0.970. The number of carbonyl (C=O) groups is 1. The summed E-state index contributed by atoms with van der Waals surface area (Å²) in [4.78, 5) is 11.6. The Morgan fingerprint density at radius 2 is 2.00 bits per heavy atom. The van der Waals surface area contributed by atoms with Crippen molar-refractivity contribution in [1.29, 1.82) is 0 Å². The average Bonchev–Trinajstić information content (AvgIpc) is 2.35. The van der Waals surface area contributed by atoms with Gasteiger partial charge in [0.15, 0.2) is 5.75 Å². The molecule has 0 bridgehead atoms. The van der Waals surface area contributed by atoms with Crippen molar-refractivity contribution >= 4 is 29.1 Å². The lowest BCUT2D eigenvalue weighted by Crippen LogP contribution is -2.28. The second-order valence-electron chi connectivity index (χ2n) is 4.35. The molecule has 1 atom stereocenters. The molecule has 1 aromatic carbocycles. The molecule has 0 aliphatic rings. The summed E-state index contributed by atoms with van der Waals surface area (Å²) in [5.74, 6) is -0.284. The number of hydrogen-bond donors (Lipinski definition) is 3. The summed E-state index contributed by atoms with van der Waals surface area (Å²) < 4.78 is 0. The fourth-order valence-electron chi connectivity index (χ4n) is 1.59. The van der Waals surface area contributed by atoms with Gasteiger partial charge in [0, 0.05) is 19.0 Å². The summed E-state index contributed by atoms with van der Waals surface area (Å²) in [5, 5.41) is 12.5. The van der Waals surface area contributed by atoms with Crippen LogP contribution in [0.5, 0.6) is 5.75 Å². The number of nitrogens with one attached hydrogen (secondary N) is 1. The first-order chi connectivity index (χ1) is 8.95. The van der Waals surface area contributed by atoms with Gasteiger partial charge in [0.2, 0.25) is 5.91 Å². The zero-order valence-electron chi connectivity index (χ0n) is 10.7. The van der Waals surface area contributed by atoms with Crippen molar-refractivity contribution in [2.24, 2.45) is 5.73 Å². The van der Waals surface area contributed by atoms with E-state index in [-0.39, 0.29) is 28.1 Å². The normalized spacial score (nSPS) is 12.2. The molecule has 0 saturated carbocycles. The summed E-state index contributed by atoms with van der Waals surface area (Å²) in [6.07, 6.45) is 2.12. The highest BCUT2D eigenvalue weighted by Gasteiger charge is 2.15. The first kappa shape index (κ1) is 16.1. The highest BCUT2D eigenvalue weighted by atomic mass is 35.5. The van der Waals surface area contributed by atoms with E-state index in [1.54, 1.807) is 0 Å². The van der Waals surface area contributed by atoms with Crippen molar-refractivity contribution in [3.8, 4) is 5.75 Å². The van der Waals surface area contributed by atoms with Crippen molar-refractivity contribution in [2.45, 2.75) is 32.2 Å². The third-order valence-electron chi connectivity index (χ3n) is 2.73. The van der Waals surface area contributed by atoms with Gasteiger partial charge < -0.3 is 16.2 Å². The van der Waals surface area contributed by atoms with Crippen LogP contribution in [0.2, 0.25) is 10.0 Å². The number of benzene rings is 1. The second kappa shape index (κ2) is 7.58. The van der Waals surface area contributed by atoms with Crippen LogP contribution in [-0.4, -0.2) is 17.6 Å². The molecule has 6 heteroatoms. The maximum absolute atomic E-state index is 11.6. The van der Waals surface area contributed by atoms with Crippen LogP contribution in [0, 0.1) is 0 Å². The fourth-order valence-corrected chi connectivity index (χ4v) is 2.10. The minimum absolute atomic E-state index is 0.110. The van der Waals surface area contributed by atoms with E-state index in [1.807, 2.05) is 0 Å². The van der Waals surface area contributed by atoms with Gasteiger partial charge in [-0.05, 0) is 24.1 Å². The number of halogens is 2. The molecule has 0 fully saturated rings. The molecule has 0 radical (unpaired) electrons. The summed E-state index contributed by atoms with van der Waals surface area (Å²) >= 11 is 11.6. The van der Waals surface area contributed by atoms with Crippen molar-refractivity contribution in [1.82, 2.24) is 5.32 Å². The molecule has 0 aliphatic carbocycles. The third kappa shape index (κ3) is 4.90. The number of nitrogens with two attached hydrogens (primary N) is 1. The Labute approximate surface area is 122 Å². The highest BCUT2D eigenvalue weighted by molar-refractivity contribution is 6.37. The molecule has 106 valence electrons. The van der Waals surface area contributed by atoms with Crippen LogP contribution in [0.15, 0.2) is 12.1 Å². The summed E-state index contributed by atoms with van der Waals surface area (Å²) in [6.45, 7) is 2.71. The Balaban J connectivity index is 2.63. The van der Waals surface area contributed by atoms with Crippen molar-refractivity contribution in [3.05, 3.63) is 27.7 Å². The number of carbonyl (C=O) groups excluding carboxylic acids is 1. The molecule has 1 aromatic rings. The van der Waals surface area contributed by atoms with Gasteiger partial charge in [-0.15, -0.1) is 0 Å². The third-order valence-corrected chi connectivity index (χ3v) is 3.30. The number of amides is 1. The molecule has 0 aliphatic heterocycles. The Kier molecular flexibility index (Phi) is 6.42. The van der Waals surface area contributed by atoms with Crippen LogP contribution in [0.1, 0.15) is 37.8 Å². The first-order valence-corrected chi connectivity index (χ1v) is 6.91. The molecule has 0 heterocycles. The Bertz CT molecular complexity index is 429. The molecule has 0 aromatic heterocycles. The molecular weight excluding hydrogens is 287 g/mol. The number of rotatable bonds is 6. The van der Waals surface area contributed by atoms with Crippen molar-refractivity contribution in [3.63, 3.8) is 0 Å². The number of phenols is 1. The predicted molar refractivity (Wildman–Crippen MR) is 77.6 cm³/mol. The highest BCUT2D eigenvalue weighted by Crippen LogP contribution is 2.34. The van der Waals surface area contributed by atoms with Crippen LogP contribution in [0.3, 0.4) is 0 Å². The monoisotopic (exact) mass is 304 g/mol. The van der Waals surface area contributed by atoms with Crippen LogP contribution >= 0.6 is 23.2 Å². The van der Waals surface area contributed by atoms with Crippen molar-refractivity contribution < 1.29 is 9.90 Å². The lowest BCUT2D eigenvalue weighted by molar-refractivity contribution is -0.121. The van der Waals surface area contributed by atoms with Gasteiger partial charge in [0.05, 0.1) is 10.0 Å². The summed E-state index contributed by atoms with van der Waals surface area (Å²) in [5.41, 5.74) is 6.55. The van der Waals surface area contributed by atoms with Crippen LogP contribution in [0.4, 0.5) is 0 Å². The van der Waals surface area contributed by atoms with Crippen molar-refractivity contribution in [2.75, 3.05) is 6.54 Å². The SMILES string of the molecule is CCCCNC(=O)CC(N)c1cc(Cl)c(O)c(Cl)c1. The largest absolute Gasteiger partial charge is 0.505 e. The first-order valence-electron chi connectivity index (χ1n) is 6.15. The van der Waals surface area contributed by atoms with E-state index in [4.69, 9.17) is 28.9 Å².